The number of benzene rings is 1. The topological polar surface area (TPSA) is 57.9 Å². The summed E-state index contributed by atoms with van der Waals surface area (Å²) in [6, 6.07) is 4.75. The van der Waals surface area contributed by atoms with Crippen LogP contribution in [0.25, 0.3) is 0 Å². The van der Waals surface area contributed by atoms with Crippen LogP contribution in [0.3, 0.4) is 0 Å². The van der Waals surface area contributed by atoms with E-state index >= 15 is 0 Å². The largest absolute Gasteiger partial charge is 0.298 e. The van der Waals surface area contributed by atoms with Gasteiger partial charge in [0, 0.05) is 11.1 Å². The predicted octanol–water partition coefficient (Wildman–Crippen LogP) is 2.06. The minimum Gasteiger partial charge on any atom is -0.298 e. The maximum atomic E-state index is 11.0. The van der Waals surface area contributed by atoms with E-state index in [4.69, 9.17) is 16.9 Å². The van der Waals surface area contributed by atoms with Crippen LogP contribution in [-0.4, -0.2) is 11.5 Å². The van der Waals surface area contributed by atoms with E-state index in [-0.39, 0.29) is 11.1 Å². The lowest BCUT2D eigenvalue weighted by Gasteiger charge is -2.03. The van der Waals surface area contributed by atoms with Crippen molar-refractivity contribution in [1.82, 2.24) is 0 Å². The Hall–Kier alpha value is -1.66. The smallest absolute Gasteiger partial charge is 0.253 e. The van der Waals surface area contributed by atoms with E-state index in [0.717, 1.165) is 0 Å². The Morgan fingerprint density at radius 1 is 1.57 bits per heavy atom. The molecule has 0 saturated carbocycles. The van der Waals surface area contributed by atoms with E-state index in [0.29, 0.717) is 17.4 Å². The van der Waals surface area contributed by atoms with E-state index in [1.54, 1.807) is 6.92 Å². The van der Waals surface area contributed by atoms with Gasteiger partial charge in [-0.1, -0.05) is 0 Å². The Balaban J connectivity index is 3.52. The minimum absolute atomic E-state index is 0.154. The highest BCUT2D eigenvalue weighted by atomic mass is 35.5. The molecule has 0 fully saturated rings. The molecule has 0 saturated heterocycles. The summed E-state index contributed by atoms with van der Waals surface area (Å²) < 4.78 is 0. The number of aldehydes is 1. The molecule has 0 radical (unpaired) electrons. The first-order valence-corrected chi connectivity index (χ1v) is 4.17. The van der Waals surface area contributed by atoms with Crippen molar-refractivity contribution < 1.29 is 9.59 Å². The van der Waals surface area contributed by atoms with E-state index in [9.17, 15) is 9.59 Å². The van der Waals surface area contributed by atoms with Crippen molar-refractivity contribution in [3.63, 3.8) is 0 Å². The molecule has 1 aromatic rings. The second-order valence-electron chi connectivity index (χ2n) is 2.76. The van der Waals surface area contributed by atoms with Gasteiger partial charge in [-0.15, -0.1) is 0 Å². The number of hydrogen-bond donors (Lipinski definition) is 0. The summed E-state index contributed by atoms with van der Waals surface area (Å²) in [4.78, 5) is 21.6. The summed E-state index contributed by atoms with van der Waals surface area (Å²) in [7, 11) is 0. The highest BCUT2D eigenvalue weighted by Gasteiger charge is 2.13. The van der Waals surface area contributed by atoms with Gasteiger partial charge >= 0.3 is 0 Å². The lowest BCUT2D eigenvalue weighted by molar-refractivity contribution is 0.106. The number of nitrogens with zero attached hydrogens (tertiary/aromatic N) is 1. The zero-order valence-corrected chi connectivity index (χ0v) is 8.13. The maximum absolute atomic E-state index is 11.0. The van der Waals surface area contributed by atoms with Gasteiger partial charge in [-0.2, -0.15) is 5.26 Å². The SMILES string of the molecule is Cc1cc(C#N)cc(C=O)c1C(=O)Cl. The molecule has 14 heavy (non-hydrogen) atoms. The van der Waals surface area contributed by atoms with E-state index in [2.05, 4.69) is 0 Å². The van der Waals surface area contributed by atoms with Crippen LogP contribution in [0.4, 0.5) is 0 Å². The molecule has 0 spiro atoms. The van der Waals surface area contributed by atoms with Crippen molar-refractivity contribution >= 4 is 23.1 Å². The molecule has 0 aromatic heterocycles. The number of nitriles is 1. The van der Waals surface area contributed by atoms with Crippen molar-refractivity contribution in [3.8, 4) is 6.07 Å². The molecule has 0 aliphatic carbocycles. The number of aryl methyl sites for hydroxylation is 1. The van der Waals surface area contributed by atoms with Gasteiger partial charge in [-0.05, 0) is 36.2 Å². The predicted molar refractivity (Wildman–Crippen MR) is 51.5 cm³/mol. The molecule has 70 valence electrons. The average molecular weight is 208 g/mol. The molecule has 1 rings (SSSR count). The van der Waals surface area contributed by atoms with Gasteiger partial charge in [-0.25, -0.2) is 0 Å². The first-order chi connectivity index (χ1) is 6.60. The van der Waals surface area contributed by atoms with Crippen molar-refractivity contribution in [3.05, 3.63) is 34.4 Å². The monoisotopic (exact) mass is 207 g/mol. The first kappa shape index (κ1) is 10.4. The molecular weight excluding hydrogens is 202 g/mol. The van der Waals surface area contributed by atoms with Gasteiger partial charge in [0.2, 0.25) is 0 Å². The van der Waals surface area contributed by atoms with Crippen LogP contribution >= 0.6 is 11.6 Å². The Bertz CT molecular complexity index is 446. The zero-order chi connectivity index (χ0) is 10.7. The van der Waals surface area contributed by atoms with Crippen LogP contribution in [0.2, 0.25) is 0 Å². The molecule has 0 N–H and O–H groups in total. The molecule has 3 nitrogen and oxygen atoms in total. The molecule has 0 aliphatic rings. The number of carbonyl (C=O) groups excluding carboxylic acids is 2. The summed E-state index contributed by atoms with van der Waals surface area (Å²) in [5.74, 6) is 0. The van der Waals surface area contributed by atoms with Crippen molar-refractivity contribution in [2.45, 2.75) is 6.92 Å². The first-order valence-electron chi connectivity index (χ1n) is 3.80. The number of rotatable bonds is 2. The maximum Gasteiger partial charge on any atom is 0.253 e. The van der Waals surface area contributed by atoms with Crippen molar-refractivity contribution in [2.24, 2.45) is 0 Å². The molecule has 0 bridgehead atoms. The second kappa shape index (κ2) is 4.03. The summed E-state index contributed by atoms with van der Waals surface area (Å²) >= 11 is 5.31. The van der Waals surface area contributed by atoms with Crippen LogP contribution in [0.15, 0.2) is 12.1 Å². The summed E-state index contributed by atoms with van der Waals surface area (Å²) in [5, 5.41) is 7.94. The number of halogens is 1. The van der Waals surface area contributed by atoms with Crippen LogP contribution in [0.5, 0.6) is 0 Å². The third kappa shape index (κ3) is 1.81. The van der Waals surface area contributed by atoms with Gasteiger partial charge in [0.1, 0.15) is 0 Å². The zero-order valence-electron chi connectivity index (χ0n) is 7.37. The Morgan fingerprint density at radius 2 is 2.21 bits per heavy atom. The van der Waals surface area contributed by atoms with E-state index < -0.39 is 5.24 Å². The molecule has 0 amide bonds. The lowest BCUT2D eigenvalue weighted by atomic mass is 10.0. The fourth-order valence-electron chi connectivity index (χ4n) is 1.24. The lowest BCUT2D eigenvalue weighted by Crippen LogP contribution is -2.01. The van der Waals surface area contributed by atoms with Crippen molar-refractivity contribution in [2.75, 3.05) is 0 Å². The quantitative estimate of drug-likeness (QED) is 0.551. The van der Waals surface area contributed by atoms with Crippen LogP contribution < -0.4 is 0 Å². The molecular formula is C10H6ClNO2. The Labute approximate surface area is 85.9 Å². The Kier molecular flexibility index (Phi) is 3.00. The van der Waals surface area contributed by atoms with Crippen LogP contribution in [0.1, 0.15) is 31.8 Å². The van der Waals surface area contributed by atoms with E-state index in [1.165, 1.54) is 12.1 Å². The summed E-state index contributed by atoms with van der Waals surface area (Å²) in [6.45, 7) is 1.63. The molecule has 4 heteroatoms. The highest BCUT2D eigenvalue weighted by molar-refractivity contribution is 6.68. The average Bonchev–Trinajstić information content (AvgIpc) is 2.15. The standard InChI is InChI=1S/C10H6ClNO2/c1-6-2-7(4-12)3-8(5-13)9(6)10(11)14/h2-3,5H,1H3. The third-order valence-electron chi connectivity index (χ3n) is 1.82. The van der Waals surface area contributed by atoms with Gasteiger partial charge in [0.15, 0.2) is 6.29 Å². The minimum atomic E-state index is -0.686. The summed E-state index contributed by atoms with van der Waals surface area (Å²) in [6.07, 6.45) is 0.517. The molecule has 0 unspecified atom stereocenters. The Morgan fingerprint density at radius 3 is 2.64 bits per heavy atom. The molecule has 0 heterocycles. The third-order valence-corrected chi connectivity index (χ3v) is 2.01. The highest BCUT2D eigenvalue weighted by Crippen LogP contribution is 2.17. The fraction of sp³-hybridized carbons (Fsp3) is 0.100. The summed E-state index contributed by atoms with van der Waals surface area (Å²) in [5.41, 5.74) is 1.19. The van der Waals surface area contributed by atoms with E-state index in [1.807, 2.05) is 6.07 Å². The number of carbonyl (C=O) groups is 2. The van der Waals surface area contributed by atoms with Gasteiger partial charge in [-0.3, -0.25) is 9.59 Å². The van der Waals surface area contributed by atoms with Gasteiger partial charge in [0.25, 0.3) is 5.24 Å². The fourth-order valence-corrected chi connectivity index (χ4v) is 1.50. The van der Waals surface area contributed by atoms with Gasteiger partial charge < -0.3 is 0 Å². The van der Waals surface area contributed by atoms with Crippen LogP contribution in [0, 0.1) is 18.3 Å². The number of hydrogen-bond acceptors (Lipinski definition) is 3. The normalized spacial score (nSPS) is 9.21. The van der Waals surface area contributed by atoms with Crippen molar-refractivity contribution in [1.29, 1.82) is 5.26 Å². The molecule has 0 atom stereocenters. The molecule has 1 aromatic carbocycles. The van der Waals surface area contributed by atoms with Crippen LogP contribution in [-0.2, 0) is 0 Å². The molecule has 0 aliphatic heterocycles. The van der Waals surface area contributed by atoms with Gasteiger partial charge in [0.05, 0.1) is 11.6 Å². The second-order valence-corrected chi connectivity index (χ2v) is 3.10.